The normalized spacial score (nSPS) is 17.5. The van der Waals surface area contributed by atoms with Crippen molar-refractivity contribution >= 4 is 17.6 Å². The fourth-order valence-electron chi connectivity index (χ4n) is 1.95. The number of hydrogen-bond donors (Lipinski definition) is 1. The Bertz CT molecular complexity index is 350. The van der Waals surface area contributed by atoms with Crippen molar-refractivity contribution in [1.82, 2.24) is 0 Å². The summed E-state index contributed by atoms with van der Waals surface area (Å²) in [5.41, 5.74) is 0. The Balaban J connectivity index is 2.28. The van der Waals surface area contributed by atoms with Crippen molar-refractivity contribution in [2.75, 3.05) is 0 Å². The molecule has 0 spiro atoms. The van der Waals surface area contributed by atoms with E-state index in [1.165, 1.54) is 18.9 Å². The lowest BCUT2D eigenvalue weighted by atomic mass is 10.1. The summed E-state index contributed by atoms with van der Waals surface area (Å²) in [4.78, 5) is 10.6. The van der Waals surface area contributed by atoms with Crippen LogP contribution in [0.5, 0.6) is 0 Å². The second kappa shape index (κ2) is 3.65. The Kier molecular flexibility index (Phi) is 2.50. The lowest BCUT2D eigenvalue weighted by Gasteiger charge is -2.04. The molecule has 4 heteroatoms. The van der Waals surface area contributed by atoms with Gasteiger partial charge in [0, 0.05) is 12.0 Å². The molecule has 1 heterocycles. The molecule has 1 aliphatic rings. The Morgan fingerprint density at radius 3 is 2.64 bits per heavy atom. The van der Waals surface area contributed by atoms with E-state index in [4.69, 9.17) is 21.1 Å². The summed E-state index contributed by atoms with van der Waals surface area (Å²) >= 11 is 5.91. The number of carbonyl (C=O) groups is 1. The molecule has 1 saturated carbocycles. The van der Waals surface area contributed by atoms with Crippen LogP contribution >= 0.6 is 11.6 Å². The Labute approximate surface area is 86.7 Å². The lowest BCUT2D eigenvalue weighted by Crippen LogP contribution is -1.93. The zero-order valence-electron chi connectivity index (χ0n) is 7.62. The van der Waals surface area contributed by atoms with Gasteiger partial charge in [-0.3, -0.25) is 0 Å². The Morgan fingerprint density at radius 1 is 1.50 bits per heavy atom. The van der Waals surface area contributed by atoms with E-state index in [0.717, 1.165) is 12.8 Å². The van der Waals surface area contributed by atoms with Gasteiger partial charge in [0.2, 0.25) is 5.76 Å². The van der Waals surface area contributed by atoms with Crippen LogP contribution in [0.15, 0.2) is 10.5 Å². The van der Waals surface area contributed by atoms with Crippen LogP contribution in [0.25, 0.3) is 0 Å². The molecule has 14 heavy (non-hydrogen) atoms. The molecule has 0 unspecified atom stereocenters. The van der Waals surface area contributed by atoms with Gasteiger partial charge in [-0.15, -0.1) is 0 Å². The average Bonchev–Trinajstić information content (AvgIpc) is 2.71. The molecule has 0 aromatic carbocycles. The van der Waals surface area contributed by atoms with Crippen LogP contribution in [0.3, 0.4) is 0 Å². The van der Waals surface area contributed by atoms with Crippen molar-refractivity contribution in [1.29, 1.82) is 0 Å². The van der Waals surface area contributed by atoms with Gasteiger partial charge in [0.25, 0.3) is 0 Å². The van der Waals surface area contributed by atoms with Crippen LogP contribution in [0.1, 0.15) is 47.9 Å². The minimum Gasteiger partial charge on any atom is -0.475 e. The molecule has 1 aliphatic carbocycles. The zero-order chi connectivity index (χ0) is 10.1. The van der Waals surface area contributed by atoms with Gasteiger partial charge in [-0.2, -0.15) is 0 Å². The minimum atomic E-state index is -1.06. The predicted octanol–water partition coefficient (Wildman–Crippen LogP) is 3.29. The summed E-state index contributed by atoms with van der Waals surface area (Å²) in [6.45, 7) is 0. The van der Waals surface area contributed by atoms with Crippen molar-refractivity contribution in [2.24, 2.45) is 0 Å². The van der Waals surface area contributed by atoms with Crippen LogP contribution < -0.4 is 0 Å². The van der Waals surface area contributed by atoms with Gasteiger partial charge in [-0.1, -0.05) is 24.4 Å². The molecule has 0 saturated heterocycles. The third-order valence-corrected chi connectivity index (χ3v) is 2.95. The van der Waals surface area contributed by atoms with E-state index in [9.17, 15) is 4.79 Å². The van der Waals surface area contributed by atoms with Crippen molar-refractivity contribution in [3.8, 4) is 0 Å². The van der Waals surface area contributed by atoms with Gasteiger partial charge >= 0.3 is 5.97 Å². The maximum atomic E-state index is 10.6. The highest BCUT2D eigenvalue weighted by atomic mass is 35.5. The first kappa shape index (κ1) is 9.59. The first-order valence-corrected chi connectivity index (χ1v) is 5.09. The fraction of sp³-hybridized carbons (Fsp3) is 0.500. The SMILES string of the molecule is O=C(O)c1cc(Cl)c(C2CCCC2)o1. The van der Waals surface area contributed by atoms with E-state index >= 15 is 0 Å². The monoisotopic (exact) mass is 214 g/mol. The number of hydrogen-bond acceptors (Lipinski definition) is 2. The number of carboxylic acid groups (broad SMARTS) is 1. The van der Waals surface area contributed by atoms with Gasteiger partial charge in [0.1, 0.15) is 5.76 Å². The van der Waals surface area contributed by atoms with Gasteiger partial charge in [-0.25, -0.2) is 4.79 Å². The van der Waals surface area contributed by atoms with Crippen molar-refractivity contribution < 1.29 is 14.3 Å². The highest BCUT2D eigenvalue weighted by Crippen LogP contribution is 2.38. The van der Waals surface area contributed by atoms with Crippen molar-refractivity contribution in [3.05, 3.63) is 22.6 Å². The first-order valence-electron chi connectivity index (χ1n) is 4.71. The average molecular weight is 215 g/mol. The molecular formula is C10H11ClO3. The largest absolute Gasteiger partial charge is 0.475 e. The number of carboxylic acids is 1. The molecule has 1 N–H and O–H groups in total. The number of rotatable bonds is 2. The van der Waals surface area contributed by atoms with Gasteiger partial charge < -0.3 is 9.52 Å². The zero-order valence-corrected chi connectivity index (χ0v) is 8.38. The lowest BCUT2D eigenvalue weighted by molar-refractivity contribution is 0.0659. The molecule has 0 aliphatic heterocycles. The topological polar surface area (TPSA) is 50.4 Å². The molecule has 0 atom stereocenters. The fourth-order valence-corrected chi connectivity index (χ4v) is 2.25. The third-order valence-electron chi connectivity index (χ3n) is 2.65. The maximum absolute atomic E-state index is 10.6. The van der Waals surface area contributed by atoms with E-state index in [1.807, 2.05) is 0 Å². The highest BCUT2D eigenvalue weighted by molar-refractivity contribution is 6.31. The summed E-state index contributed by atoms with van der Waals surface area (Å²) < 4.78 is 5.23. The molecule has 1 aromatic heterocycles. The van der Waals surface area contributed by atoms with Crippen molar-refractivity contribution in [3.63, 3.8) is 0 Å². The van der Waals surface area contributed by atoms with Crippen LogP contribution in [0.4, 0.5) is 0 Å². The quantitative estimate of drug-likeness (QED) is 0.822. The molecule has 2 rings (SSSR count). The summed E-state index contributed by atoms with van der Waals surface area (Å²) in [5.74, 6) is -0.148. The van der Waals surface area contributed by atoms with Crippen LogP contribution in [-0.2, 0) is 0 Å². The Morgan fingerprint density at radius 2 is 2.14 bits per heavy atom. The maximum Gasteiger partial charge on any atom is 0.371 e. The summed E-state index contributed by atoms with van der Waals surface area (Å²) in [5, 5.41) is 9.17. The standard InChI is InChI=1S/C10H11ClO3/c11-7-5-8(10(12)13)14-9(7)6-3-1-2-4-6/h5-6H,1-4H2,(H,12,13). The van der Waals surface area contributed by atoms with Crippen LogP contribution in [0, 0.1) is 0 Å². The Hall–Kier alpha value is -0.960. The second-order valence-electron chi connectivity index (χ2n) is 3.61. The van der Waals surface area contributed by atoms with E-state index in [1.54, 1.807) is 0 Å². The molecule has 3 nitrogen and oxygen atoms in total. The molecule has 76 valence electrons. The molecule has 0 amide bonds. The third kappa shape index (κ3) is 1.64. The summed E-state index contributed by atoms with van der Waals surface area (Å²) in [7, 11) is 0. The minimum absolute atomic E-state index is 0.0584. The molecule has 0 radical (unpaired) electrons. The van der Waals surface area contributed by atoms with Gasteiger partial charge in [-0.05, 0) is 12.8 Å². The van der Waals surface area contributed by atoms with E-state index in [-0.39, 0.29) is 5.76 Å². The smallest absolute Gasteiger partial charge is 0.371 e. The summed E-state index contributed by atoms with van der Waals surface area (Å²) in [6, 6.07) is 1.39. The molecular weight excluding hydrogens is 204 g/mol. The first-order chi connectivity index (χ1) is 6.68. The van der Waals surface area contributed by atoms with Crippen LogP contribution in [-0.4, -0.2) is 11.1 Å². The van der Waals surface area contributed by atoms with Crippen molar-refractivity contribution in [2.45, 2.75) is 31.6 Å². The van der Waals surface area contributed by atoms with E-state index in [0.29, 0.717) is 16.7 Å². The second-order valence-corrected chi connectivity index (χ2v) is 4.02. The number of halogens is 1. The molecule has 1 fully saturated rings. The van der Waals surface area contributed by atoms with Gasteiger partial charge in [0.05, 0.1) is 5.02 Å². The number of aromatic carboxylic acids is 1. The molecule has 0 bridgehead atoms. The van der Waals surface area contributed by atoms with E-state index < -0.39 is 5.97 Å². The van der Waals surface area contributed by atoms with Gasteiger partial charge in [0.15, 0.2) is 0 Å². The van der Waals surface area contributed by atoms with E-state index in [2.05, 4.69) is 0 Å². The van der Waals surface area contributed by atoms with Crippen LogP contribution in [0.2, 0.25) is 5.02 Å². The molecule has 1 aromatic rings. The predicted molar refractivity (Wildman–Crippen MR) is 51.9 cm³/mol. The number of furan rings is 1. The highest BCUT2D eigenvalue weighted by Gasteiger charge is 2.25. The summed E-state index contributed by atoms with van der Waals surface area (Å²) in [6.07, 6.45) is 4.44.